The number of unbranched alkanes of at least 4 members (excludes halogenated alkanes) is 1. The Bertz CT molecular complexity index is 439. The van der Waals surface area contributed by atoms with E-state index in [2.05, 4.69) is 19.6 Å². The zero-order valence-electron chi connectivity index (χ0n) is 18.5. The van der Waals surface area contributed by atoms with Crippen LogP contribution in [-0.2, 0) is 9.53 Å². The molecular weight excluding hydrogens is 354 g/mol. The number of esters is 1. The van der Waals surface area contributed by atoms with Crippen molar-refractivity contribution in [3.05, 3.63) is 0 Å². The molecular formula is C21H43N5O2. The average molecular weight is 398 g/mol. The van der Waals surface area contributed by atoms with Crippen molar-refractivity contribution in [2.75, 3.05) is 85.1 Å². The normalized spacial score (nSPS) is 21.1. The van der Waals surface area contributed by atoms with Crippen LogP contribution in [0.25, 0.3) is 0 Å². The molecule has 2 saturated heterocycles. The summed E-state index contributed by atoms with van der Waals surface area (Å²) in [5, 5.41) is 0. The Balaban J connectivity index is 1.52. The molecule has 0 amide bonds. The predicted molar refractivity (Wildman–Crippen MR) is 115 cm³/mol. The lowest BCUT2D eigenvalue weighted by Crippen LogP contribution is -2.51. The Morgan fingerprint density at radius 1 is 0.750 bits per heavy atom. The maximum absolute atomic E-state index is 11.9. The molecule has 28 heavy (non-hydrogen) atoms. The number of ether oxygens (including phenoxy) is 1. The van der Waals surface area contributed by atoms with E-state index in [4.69, 9.17) is 10.5 Å². The smallest absolute Gasteiger partial charge is 0.307 e. The van der Waals surface area contributed by atoms with E-state index in [1.807, 2.05) is 20.8 Å². The summed E-state index contributed by atoms with van der Waals surface area (Å²) in [4.78, 5) is 22.0. The van der Waals surface area contributed by atoms with Crippen molar-refractivity contribution >= 4 is 5.97 Å². The monoisotopic (exact) mass is 397 g/mol. The number of carbonyl (C=O) groups excluding carboxylic acids is 1. The summed E-state index contributed by atoms with van der Waals surface area (Å²) in [5.41, 5.74) is 5.20. The van der Waals surface area contributed by atoms with Crippen LogP contribution in [0.3, 0.4) is 0 Å². The molecule has 0 aromatic heterocycles. The summed E-state index contributed by atoms with van der Waals surface area (Å²) in [5.74, 6) is -0.0860. The van der Waals surface area contributed by atoms with Crippen LogP contribution < -0.4 is 5.73 Å². The second kappa shape index (κ2) is 12.1. The lowest BCUT2D eigenvalue weighted by molar-refractivity contribution is -0.155. The number of carbonyl (C=O) groups is 1. The van der Waals surface area contributed by atoms with Gasteiger partial charge in [-0.25, -0.2) is 0 Å². The van der Waals surface area contributed by atoms with Gasteiger partial charge in [0.2, 0.25) is 0 Å². The summed E-state index contributed by atoms with van der Waals surface area (Å²) in [6.07, 6.45) is 2.87. The number of rotatable bonds is 10. The Morgan fingerprint density at radius 2 is 1.18 bits per heavy atom. The van der Waals surface area contributed by atoms with Gasteiger partial charge in [-0.1, -0.05) is 0 Å². The van der Waals surface area contributed by atoms with Crippen LogP contribution in [0.1, 0.15) is 40.0 Å². The Kier molecular flexibility index (Phi) is 10.2. The Hall–Kier alpha value is -0.730. The van der Waals surface area contributed by atoms with E-state index in [0.29, 0.717) is 6.42 Å². The number of nitrogens with two attached hydrogens (primary N) is 1. The highest BCUT2D eigenvalue weighted by molar-refractivity contribution is 5.70. The molecule has 2 fully saturated rings. The highest BCUT2D eigenvalue weighted by atomic mass is 16.6. The number of piperazine rings is 2. The molecule has 0 aromatic carbocycles. The second-order valence-corrected chi connectivity index (χ2v) is 9.20. The first-order valence-electron chi connectivity index (χ1n) is 11.2. The van der Waals surface area contributed by atoms with Crippen molar-refractivity contribution in [2.45, 2.75) is 45.6 Å². The Morgan fingerprint density at radius 3 is 1.61 bits per heavy atom. The zero-order chi connectivity index (χ0) is 20.4. The molecule has 0 aromatic rings. The number of hydrogen-bond acceptors (Lipinski definition) is 7. The third kappa shape index (κ3) is 9.65. The molecule has 2 heterocycles. The zero-order valence-corrected chi connectivity index (χ0v) is 18.5. The van der Waals surface area contributed by atoms with E-state index >= 15 is 0 Å². The molecule has 0 aliphatic carbocycles. The second-order valence-electron chi connectivity index (χ2n) is 9.20. The highest BCUT2D eigenvalue weighted by Crippen LogP contribution is 2.10. The molecule has 2 N–H and O–H groups in total. The summed E-state index contributed by atoms with van der Waals surface area (Å²) in [6.45, 7) is 20.0. The fraction of sp³-hybridized carbons (Fsp3) is 0.952. The molecule has 0 bridgehead atoms. The predicted octanol–water partition coefficient (Wildman–Crippen LogP) is 0.692. The van der Waals surface area contributed by atoms with Crippen LogP contribution in [0.5, 0.6) is 0 Å². The van der Waals surface area contributed by atoms with E-state index < -0.39 is 0 Å². The van der Waals surface area contributed by atoms with E-state index in [9.17, 15) is 4.79 Å². The number of hydrogen-bond donors (Lipinski definition) is 1. The first-order valence-corrected chi connectivity index (χ1v) is 11.2. The van der Waals surface area contributed by atoms with Crippen LogP contribution in [0, 0.1) is 0 Å². The first-order chi connectivity index (χ1) is 13.4. The molecule has 7 heteroatoms. The van der Waals surface area contributed by atoms with Crippen LogP contribution in [0.4, 0.5) is 0 Å². The van der Waals surface area contributed by atoms with E-state index in [-0.39, 0.29) is 11.6 Å². The third-order valence-corrected chi connectivity index (χ3v) is 5.64. The maximum atomic E-state index is 11.9. The average Bonchev–Trinajstić information content (AvgIpc) is 2.65. The van der Waals surface area contributed by atoms with Gasteiger partial charge in [0, 0.05) is 72.0 Å². The molecule has 0 radical (unpaired) electrons. The van der Waals surface area contributed by atoms with Gasteiger partial charge >= 0.3 is 5.97 Å². The molecule has 0 atom stereocenters. The van der Waals surface area contributed by atoms with Crippen LogP contribution in [-0.4, -0.2) is 116 Å². The van der Waals surface area contributed by atoms with Gasteiger partial charge < -0.3 is 20.3 Å². The minimum atomic E-state index is -0.383. The van der Waals surface area contributed by atoms with Gasteiger partial charge in [0.15, 0.2) is 0 Å². The lowest BCUT2D eigenvalue weighted by Gasteiger charge is -2.38. The minimum Gasteiger partial charge on any atom is -0.460 e. The molecule has 7 nitrogen and oxygen atoms in total. The van der Waals surface area contributed by atoms with Gasteiger partial charge in [-0.15, -0.1) is 0 Å². The molecule has 0 saturated carbocycles. The minimum absolute atomic E-state index is 0.0860. The van der Waals surface area contributed by atoms with E-state index in [1.54, 1.807) is 0 Å². The fourth-order valence-corrected chi connectivity index (χ4v) is 3.88. The molecule has 164 valence electrons. The van der Waals surface area contributed by atoms with Gasteiger partial charge in [0.25, 0.3) is 0 Å². The van der Waals surface area contributed by atoms with Gasteiger partial charge in [-0.3, -0.25) is 14.6 Å². The molecule has 0 spiro atoms. The molecule has 2 rings (SSSR count). The van der Waals surface area contributed by atoms with E-state index in [1.165, 1.54) is 45.7 Å². The summed E-state index contributed by atoms with van der Waals surface area (Å²) >= 11 is 0. The van der Waals surface area contributed by atoms with Crippen molar-refractivity contribution in [3.8, 4) is 0 Å². The Labute approximate surface area is 172 Å². The highest BCUT2D eigenvalue weighted by Gasteiger charge is 2.21. The fourth-order valence-electron chi connectivity index (χ4n) is 3.88. The van der Waals surface area contributed by atoms with Gasteiger partial charge in [0.1, 0.15) is 5.60 Å². The number of nitrogens with zero attached hydrogens (tertiary/aromatic N) is 4. The van der Waals surface area contributed by atoms with Crippen molar-refractivity contribution in [2.24, 2.45) is 5.73 Å². The van der Waals surface area contributed by atoms with Gasteiger partial charge in [0.05, 0.1) is 6.42 Å². The molecule has 2 aliphatic heterocycles. The third-order valence-electron chi connectivity index (χ3n) is 5.64. The van der Waals surface area contributed by atoms with E-state index in [0.717, 1.165) is 52.2 Å². The van der Waals surface area contributed by atoms with Crippen LogP contribution in [0.2, 0.25) is 0 Å². The summed E-state index contributed by atoms with van der Waals surface area (Å²) in [7, 11) is 0. The van der Waals surface area contributed by atoms with Crippen LogP contribution >= 0.6 is 0 Å². The van der Waals surface area contributed by atoms with Gasteiger partial charge in [-0.2, -0.15) is 0 Å². The lowest BCUT2D eigenvalue weighted by atomic mass is 10.2. The molecule has 0 unspecified atom stereocenters. The first kappa shape index (κ1) is 23.5. The summed E-state index contributed by atoms with van der Waals surface area (Å²) in [6, 6.07) is 0. The molecule has 2 aliphatic rings. The SMILES string of the molecule is CC(C)(C)OC(=O)CCN1CCN(CCN2CCN(CCCCN)CC2)CC1. The largest absolute Gasteiger partial charge is 0.460 e. The maximum Gasteiger partial charge on any atom is 0.307 e. The van der Waals surface area contributed by atoms with Crippen molar-refractivity contribution < 1.29 is 9.53 Å². The van der Waals surface area contributed by atoms with Gasteiger partial charge in [-0.05, 0) is 46.7 Å². The standard InChI is InChI=1S/C21H43N5O2/c1-21(2,3)28-20(27)6-9-24-12-16-26(17-13-24)19-18-25-14-10-23(11-15-25)8-5-4-7-22/h4-19,22H2,1-3H3. The quantitative estimate of drug-likeness (QED) is 0.430. The van der Waals surface area contributed by atoms with Crippen LogP contribution in [0.15, 0.2) is 0 Å². The summed E-state index contributed by atoms with van der Waals surface area (Å²) < 4.78 is 5.40. The van der Waals surface area contributed by atoms with Crippen molar-refractivity contribution in [1.82, 2.24) is 19.6 Å². The van der Waals surface area contributed by atoms with Crippen molar-refractivity contribution in [1.29, 1.82) is 0 Å². The topological polar surface area (TPSA) is 65.3 Å². The van der Waals surface area contributed by atoms with Crippen molar-refractivity contribution in [3.63, 3.8) is 0 Å².